The van der Waals surface area contributed by atoms with Crippen molar-refractivity contribution in [2.75, 3.05) is 26.3 Å². The molecule has 1 aliphatic heterocycles. The van der Waals surface area contributed by atoms with Crippen molar-refractivity contribution < 1.29 is 4.74 Å². The lowest BCUT2D eigenvalue weighted by molar-refractivity contribution is 0.0343. The molecule has 1 fully saturated rings. The van der Waals surface area contributed by atoms with Crippen LogP contribution in [0.4, 0.5) is 0 Å². The Bertz CT molecular complexity index is 558. The fourth-order valence-corrected chi connectivity index (χ4v) is 2.93. The van der Waals surface area contributed by atoms with Crippen molar-refractivity contribution in [3.8, 4) is 0 Å². The molecule has 0 aliphatic carbocycles. The Morgan fingerprint density at radius 2 is 2.06 bits per heavy atom. The van der Waals surface area contributed by atoms with Crippen LogP contribution in [0.1, 0.15) is 5.56 Å². The zero-order valence-electron chi connectivity index (χ0n) is 10.5. The summed E-state index contributed by atoms with van der Waals surface area (Å²) in [5, 5.41) is 1.35. The van der Waals surface area contributed by atoms with Crippen LogP contribution in [0.5, 0.6) is 0 Å². The molecule has 3 rings (SSSR count). The smallest absolute Gasteiger partial charge is 0.0594 e. The molecule has 2 heterocycles. The first kappa shape index (κ1) is 12.2. The molecule has 1 aromatic carbocycles. The number of aryl methyl sites for hydroxylation is 1. The van der Waals surface area contributed by atoms with Gasteiger partial charge in [0.15, 0.2) is 0 Å². The van der Waals surface area contributed by atoms with E-state index in [2.05, 4.69) is 56.8 Å². The third kappa shape index (κ3) is 2.32. The van der Waals surface area contributed by atoms with Crippen molar-refractivity contribution in [2.45, 2.75) is 6.54 Å². The Morgan fingerprint density at radius 1 is 1.28 bits per heavy atom. The lowest BCUT2D eigenvalue weighted by atomic mass is 10.1. The molecule has 2 aromatic rings. The number of hydrogen-bond donors (Lipinski definition) is 0. The van der Waals surface area contributed by atoms with E-state index in [0.29, 0.717) is 0 Å². The van der Waals surface area contributed by atoms with Gasteiger partial charge in [-0.3, -0.25) is 4.90 Å². The van der Waals surface area contributed by atoms with Crippen LogP contribution in [0.25, 0.3) is 10.9 Å². The number of hydrogen-bond acceptors (Lipinski definition) is 2. The highest BCUT2D eigenvalue weighted by Gasteiger charge is 2.14. The number of benzene rings is 1. The average Bonchev–Trinajstić information content (AvgIpc) is 2.67. The summed E-state index contributed by atoms with van der Waals surface area (Å²) < 4.78 is 8.74. The van der Waals surface area contributed by atoms with Crippen molar-refractivity contribution in [1.82, 2.24) is 9.47 Å². The second-order valence-corrected chi connectivity index (χ2v) is 5.73. The fraction of sp³-hybridized carbons (Fsp3) is 0.429. The topological polar surface area (TPSA) is 17.4 Å². The van der Waals surface area contributed by atoms with E-state index >= 15 is 0 Å². The summed E-state index contributed by atoms with van der Waals surface area (Å²) in [5.74, 6) is 0. The van der Waals surface area contributed by atoms with E-state index in [-0.39, 0.29) is 0 Å². The first-order valence-corrected chi connectivity index (χ1v) is 7.07. The van der Waals surface area contributed by atoms with Gasteiger partial charge in [-0.25, -0.2) is 0 Å². The van der Waals surface area contributed by atoms with Crippen molar-refractivity contribution >= 4 is 26.8 Å². The van der Waals surface area contributed by atoms with Gasteiger partial charge in [-0.05, 0) is 23.8 Å². The second kappa shape index (κ2) is 5.03. The summed E-state index contributed by atoms with van der Waals surface area (Å²) in [6.45, 7) is 4.79. The van der Waals surface area contributed by atoms with Gasteiger partial charge in [0.25, 0.3) is 0 Å². The maximum Gasteiger partial charge on any atom is 0.0594 e. The van der Waals surface area contributed by atoms with Crippen LogP contribution in [0.3, 0.4) is 0 Å². The SMILES string of the molecule is Cn1cc(CN2CCOCC2)c2cc(Br)ccc21. The minimum absolute atomic E-state index is 0.856. The van der Waals surface area contributed by atoms with Crippen LogP contribution in [-0.2, 0) is 18.3 Å². The van der Waals surface area contributed by atoms with Crippen molar-refractivity contribution in [2.24, 2.45) is 7.05 Å². The molecular formula is C14H17BrN2O. The molecule has 0 atom stereocenters. The number of morpholine rings is 1. The van der Waals surface area contributed by atoms with Crippen LogP contribution in [0, 0.1) is 0 Å². The highest BCUT2D eigenvalue weighted by atomic mass is 79.9. The number of ether oxygens (including phenoxy) is 1. The minimum Gasteiger partial charge on any atom is -0.379 e. The first-order valence-electron chi connectivity index (χ1n) is 6.27. The fourth-order valence-electron chi connectivity index (χ4n) is 2.57. The van der Waals surface area contributed by atoms with E-state index in [9.17, 15) is 0 Å². The highest BCUT2D eigenvalue weighted by Crippen LogP contribution is 2.25. The molecule has 1 aromatic heterocycles. The standard InChI is InChI=1S/C14H17BrN2O/c1-16-9-11(10-17-4-6-18-7-5-17)13-8-12(15)2-3-14(13)16/h2-3,8-9H,4-7,10H2,1H3. The summed E-state index contributed by atoms with van der Waals surface area (Å²) in [4.78, 5) is 2.46. The zero-order valence-corrected chi connectivity index (χ0v) is 12.1. The molecule has 0 radical (unpaired) electrons. The highest BCUT2D eigenvalue weighted by molar-refractivity contribution is 9.10. The maximum atomic E-state index is 5.39. The van der Waals surface area contributed by atoms with Gasteiger partial charge in [0.2, 0.25) is 0 Å². The van der Waals surface area contributed by atoms with E-state index in [1.807, 2.05) is 0 Å². The Kier molecular flexibility index (Phi) is 3.41. The predicted molar refractivity (Wildman–Crippen MR) is 76.7 cm³/mol. The molecule has 0 amide bonds. The molecule has 3 nitrogen and oxygen atoms in total. The van der Waals surface area contributed by atoms with Crippen LogP contribution in [0.2, 0.25) is 0 Å². The molecule has 0 N–H and O–H groups in total. The molecule has 0 unspecified atom stereocenters. The Hall–Kier alpha value is -0.840. The lowest BCUT2D eigenvalue weighted by Gasteiger charge is -2.26. The van der Waals surface area contributed by atoms with E-state index in [1.54, 1.807) is 0 Å². The van der Waals surface area contributed by atoms with Gasteiger partial charge in [0, 0.05) is 48.3 Å². The lowest BCUT2D eigenvalue weighted by Crippen LogP contribution is -2.35. The molecule has 0 saturated carbocycles. The van der Waals surface area contributed by atoms with Gasteiger partial charge in [0.1, 0.15) is 0 Å². The van der Waals surface area contributed by atoms with Crippen molar-refractivity contribution in [1.29, 1.82) is 0 Å². The summed E-state index contributed by atoms with van der Waals surface area (Å²) in [6, 6.07) is 6.48. The van der Waals surface area contributed by atoms with Crippen LogP contribution in [-0.4, -0.2) is 35.8 Å². The Balaban J connectivity index is 1.93. The molecule has 1 saturated heterocycles. The number of halogens is 1. The molecule has 96 valence electrons. The third-order valence-corrected chi connectivity index (χ3v) is 4.02. The Labute approximate surface area is 115 Å². The predicted octanol–water partition coefficient (Wildman–Crippen LogP) is 2.77. The van der Waals surface area contributed by atoms with E-state index < -0.39 is 0 Å². The number of fused-ring (bicyclic) bond motifs is 1. The quantitative estimate of drug-likeness (QED) is 0.849. The summed E-state index contributed by atoms with van der Waals surface area (Å²) >= 11 is 3.56. The van der Waals surface area contributed by atoms with Crippen molar-refractivity contribution in [3.05, 3.63) is 34.4 Å². The molecule has 0 bridgehead atoms. The largest absolute Gasteiger partial charge is 0.379 e. The van der Waals surface area contributed by atoms with Crippen molar-refractivity contribution in [3.63, 3.8) is 0 Å². The van der Waals surface area contributed by atoms with Crippen LogP contribution >= 0.6 is 15.9 Å². The van der Waals surface area contributed by atoms with Gasteiger partial charge >= 0.3 is 0 Å². The molecule has 4 heteroatoms. The summed E-state index contributed by atoms with van der Waals surface area (Å²) in [6.07, 6.45) is 2.24. The minimum atomic E-state index is 0.856. The zero-order chi connectivity index (χ0) is 12.5. The average molecular weight is 309 g/mol. The van der Waals surface area contributed by atoms with Gasteiger partial charge in [-0.1, -0.05) is 15.9 Å². The summed E-state index contributed by atoms with van der Waals surface area (Å²) in [5.41, 5.74) is 2.69. The molecule has 0 spiro atoms. The van der Waals surface area contributed by atoms with Gasteiger partial charge in [-0.15, -0.1) is 0 Å². The number of nitrogens with zero attached hydrogens (tertiary/aromatic N) is 2. The first-order chi connectivity index (χ1) is 8.74. The second-order valence-electron chi connectivity index (χ2n) is 4.82. The Morgan fingerprint density at radius 3 is 2.83 bits per heavy atom. The normalized spacial score (nSPS) is 17.4. The van der Waals surface area contributed by atoms with Crippen LogP contribution in [0.15, 0.2) is 28.9 Å². The monoisotopic (exact) mass is 308 g/mol. The number of aromatic nitrogens is 1. The summed E-state index contributed by atoms with van der Waals surface area (Å²) in [7, 11) is 2.11. The molecule has 18 heavy (non-hydrogen) atoms. The maximum absolute atomic E-state index is 5.39. The van der Waals surface area contributed by atoms with Gasteiger partial charge in [0.05, 0.1) is 13.2 Å². The van der Waals surface area contributed by atoms with E-state index in [1.165, 1.54) is 16.5 Å². The van der Waals surface area contributed by atoms with E-state index in [0.717, 1.165) is 37.3 Å². The molecule has 1 aliphatic rings. The number of rotatable bonds is 2. The van der Waals surface area contributed by atoms with Gasteiger partial charge in [-0.2, -0.15) is 0 Å². The van der Waals surface area contributed by atoms with E-state index in [4.69, 9.17) is 4.74 Å². The molecular weight excluding hydrogens is 292 g/mol. The third-order valence-electron chi connectivity index (χ3n) is 3.53. The van der Waals surface area contributed by atoms with Crippen LogP contribution < -0.4 is 0 Å². The van der Waals surface area contributed by atoms with Gasteiger partial charge < -0.3 is 9.30 Å².